The summed E-state index contributed by atoms with van der Waals surface area (Å²) in [4.78, 5) is 2.40. The van der Waals surface area contributed by atoms with E-state index in [1.807, 2.05) is 12.1 Å². The van der Waals surface area contributed by atoms with Crippen LogP contribution in [0.5, 0.6) is 10.9 Å². The molecule has 0 amide bonds. The SMILES string of the molecule is COC1[C@H](Oc2nnc(-c3ccc(-c4cn[nH]c4)cc3O)s2)[C@]2(C)CC[C@@]1(C)N(C)C2. The Labute approximate surface area is 185 Å². The number of benzene rings is 1. The summed E-state index contributed by atoms with van der Waals surface area (Å²) in [5.41, 5.74) is 2.33. The minimum Gasteiger partial charge on any atom is -0.507 e. The van der Waals surface area contributed by atoms with Crippen molar-refractivity contribution in [2.24, 2.45) is 5.41 Å². The van der Waals surface area contributed by atoms with E-state index >= 15 is 0 Å². The second-order valence-corrected chi connectivity index (χ2v) is 10.1. The van der Waals surface area contributed by atoms with Crippen LogP contribution in [0.2, 0.25) is 0 Å². The molecule has 4 atom stereocenters. The van der Waals surface area contributed by atoms with Crippen molar-refractivity contribution in [1.29, 1.82) is 0 Å². The van der Waals surface area contributed by atoms with E-state index in [0.29, 0.717) is 15.8 Å². The Morgan fingerprint density at radius 2 is 2.03 bits per heavy atom. The van der Waals surface area contributed by atoms with Gasteiger partial charge in [0.05, 0.1) is 11.8 Å². The lowest BCUT2D eigenvalue weighted by Gasteiger charge is -2.62. The molecule has 9 heteroatoms. The number of nitrogens with zero attached hydrogens (tertiary/aromatic N) is 4. The van der Waals surface area contributed by atoms with Gasteiger partial charge in [0, 0.05) is 36.4 Å². The van der Waals surface area contributed by atoms with Gasteiger partial charge in [-0.25, -0.2) is 0 Å². The molecular weight excluding hydrogens is 414 g/mol. The van der Waals surface area contributed by atoms with Crippen LogP contribution < -0.4 is 4.74 Å². The molecule has 2 aliphatic heterocycles. The fourth-order valence-electron chi connectivity index (χ4n) is 5.17. The number of phenols is 1. The first-order valence-electron chi connectivity index (χ1n) is 10.4. The number of likely N-dealkylation sites (N-methyl/N-ethyl adjacent to an activating group) is 1. The third-order valence-corrected chi connectivity index (χ3v) is 8.04. The maximum absolute atomic E-state index is 10.6. The van der Waals surface area contributed by atoms with E-state index in [0.717, 1.165) is 30.5 Å². The number of aromatic hydroxyl groups is 1. The van der Waals surface area contributed by atoms with Gasteiger partial charge in [0.15, 0.2) is 5.01 Å². The lowest BCUT2D eigenvalue weighted by molar-refractivity contribution is -0.211. The normalized spacial score (nSPS) is 30.6. The van der Waals surface area contributed by atoms with Gasteiger partial charge in [0.25, 0.3) is 5.19 Å². The van der Waals surface area contributed by atoms with Gasteiger partial charge in [0.2, 0.25) is 0 Å². The van der Waals surface area contributed by atoms with Crippen molar-refractivity contribution in [2.75, 3.05) is 20.7 Å². The second-order valence-electron chi connectivity index (χ2n) is 9.15. The molecule has 2 bridgehead atoms. The van der Waals surface area contributed by atoms with Gasteiger partial charge in [-0.15, -0.1) is 5.10 Å². The van der Waals surface area contributed by atoms with Crippen LogP contribution in [0, 0.1) is 5.41 Å². The fraction of sp³-hybridized carbons (Fsp3) is 0.500. The van der Waals surface area contributed by atoms with Gasteiger partial charge >= 0.3 is 0 Å². The van der Waals surface area contributed by atoms with Crippen LogP contribution in [-0.2, 0) is 4.74 Å². The maximum atomic E-state index is 10.6. The zero-order chi connectivity index (χ0) is 21.8. The summed E-state index contributed by atoms with van der Waals surface area (Å²) in [6.45, 7) is 5.47. The van der Waals surface area contributed by atoms with E-state index in [1.54, 1.807) is 25.6 Å². The first kappa shape index (κ1) is 20.4. The minimum atomic E-state index is -0.106. The van der Waals surface area contributed by atoms with Crippen molar-refractivity contribution in [3.8, 4) is 32.6 Å². The number of piperidine rings is 2. The molecule has 31 heavy (non-hydrogen) atoms. The molecule has 2 N–H and O–H groups in total. The highest BCUT2D eigenvalue weighted by molar-refractivity contribution is 7.16. The van der Waals surface area contributed by atoms with E-state index in [4.69, 9.17) is 9.47 Å². The zero-order valence-corrected chi connectivity index (χ0v) is 18.9. The molecule has 1 aliphatic carbocycles. The molecule has 2 saturated heterocycles. The fourth-order valence-corrected chi connectivity index (χ4v) is 5.93. The lowest BCUT2D eigenvalue weighted by atomic mass is 9.60. The standard InChI is InChI=1S/C22H27N5O3S/c1-21-7-8-22(2,27(3)12-21)18(29-4)17(21)30-20-26-25-19(31-20)15-6-5-13(9-16(15)28)14-10-23-24-11-14/h5-6,9-11,17-18,28H,7-8,12H2,1-4H3,(H,23,24)/t17-,18?,21+,22+/m0/s1. The second kappa shape index (κ2) is 7.29. The quantitative estimate of drug-likeness (QED) is 0.625. The highest BCUT2D eigenvalue weighted by Gasteiger charge is 2.61. The third-order valence-electron chi connectivity index (χ3n) is 7.20. The molecule has 8 nitrogen and oxygen atoms in total. The number of ether oxygens (including phenoxy) is 2. The van der Waals surface area contributed by atoms with Gasteiger partial charge in [-0.1, -0.05) is 29.4 Å². The number of phenolic OH excluding ortho intramolecular Hbond substituents is 1. The Hall–Kier alpha value is -2.49. The molecule has 3 fully saturated rings. The van der Waals surface area contributed by atoms with Gasteiger partial charge in [0.1, 0.15) is 18.0 Å². The zero-order valence-electron chi connectivity index (χ0n) is 18.1. The number of aromatic nitrogens is 4. The number of fused-ring (bicyclic) bond motifs is 3. The molecule has 1 aromatic carbocycles. The molecule has 3 aliphatic rings. The average molecular weight is 442 g/mol. The smallest absolute Gasteiger partial charge is 0.294 e. The molecule has 0 radical (unpaired) electrons. The number of hydrogen-bond acceptors (Lipinski definition) is 8. The predicted octanol–water partition coefficient (Wildman–Crippen LogP) is 3.57. The molecule has 1 unspecified atom stereocenters. The average Bonchev–Trinajstić information content (AvgIpc) is 3.43. The summed E-state index contributed by atoms with van der Waals surface area (Å²) < 4.78 is 12.4. The van der Waals surface area contributed by atoms with Crippen molar-refractivity contribution in [1.82, 2.24) is 25.3 Å². The summed E-state index contributed by atoms with van der Waals surface area (Å²) >= 11 is 1.34. The molecule has 164 valence electrons. The van der Waals surface area contributed by atoms with Crippen LogP contribution in [0.1, 0.15) is 26.7 Å². The molecule has 1 saturated carbocycles. The number of hydrogen-bond donors (Lipinski definition) is 2. The van der Waals surface area contributed by atoms with Gasteiger partial charge in [-0.2, -0.15) is 5.10 Å². The van der Waals surface area contributed by atoms with Gasteiger partial charge in [-0.05, 0) is 44.5 Å². The molecule has 4 heterocycles. The molecule has 0 spiro atoms. The maximum Gasteiger partial charge on any atom is 0.294 e. The van der Waals surface area contributed by atoms with Crippen molar-refractivity contribution in [2.45, 2.75) is 44.4 Å². The lowest BCUT2D eigenvalue weighted by Crippen LogP contribution is -2.74. The minimum absolute atomic E-state index is 0.0204. The van der Waals surface area contributed by atoms with Crippen molar-refractivity contribution >= 4 is 11.3 Å². The van der Waals surface area contributed by atoms with E-state index in [-0.39, 0.29) is 28.9 Å². The van der Waals surface area contributed by atoms with E-state index in [9.17, 15) is 5.11 Å². The Bertz CT molecular complexity index is 1090. The number of methoxy groups -OCH3 is 1. The van der Waals surface area contributed by atoms with Gasteiger partial charge in [-0.3, -0.25) is 10.00 Å². The van der Waals surface area contributed by atoms with Crippen molar-refractivity contribution in [3.63, 3.8) is 0 Å². The van der Waals surface area contributed by atoms with E-state index in [2.05, 4.69) is 46.2 Å². The molecule has 2 aromatic heterocycles. The number of rotatable bonds is 5. The molecule has 3 aromatic rings. The summed E-state index contributed by atoms with van der Waals surface area (Å²) in [5, 5.41) is 27.0. The molecular formula is C22H27N5O3S. The van der Waals surface area contributed by atoms with Crippen molar-refractivity contribution < 1.29 is 14.6 Å². The highest BCUT2D eigenvalue weighted by Crippen LogP contribution is 2.52. The number of nitrogens with one attached hydrogen (secondary N) is 1. The first-order valence-corrected chi connectivity index (χ1v) is 11.2. The van der Waals surface area contributed by atoms with Crippen LogP contribution >= 0.6 is 11.3 Å². The van der Waals surface area contributed by atoms with Crippen molar-refractivity contribution in [3.05, 3.63) is 30.6 Å². The van der Waals surface area contributed by atoms with E-state index in [1.165, 1.54) is 11.3 Å². The van der Waals surface area contributed by atoms with Crippen LogP contribution in [0.3, 0.4) is 0 Å². The Kier molecular flexibility index (Phi) is 4.80. The Morgan fingerprint density at radius 3 is 2.71 bits per heavy atom. The summed E-state index contributed by atoms with van der Waals surface area (Å²) in [6.07, 6.45) is 5.50. The summed E-state index contributed by atoms with van der Waals surface area (Å²) in [6, 6.07) is 5.49. The Morgan fingerprint density at radius 1 is 1.19 bits per heavy atom. The topological polar surface area (TPSA) is 96.4 Å². The van der Waals surface area contributed by atoms with E-state index < -0.39 is 0 Å². The number of aromatic amines is 1. The molecule has 6 rings (SSSR count). The highest BCUT2D eigenvalue weighted by atomic mass is 32.1. The van der Waals surface area contributed by atoms with Gasteiger partial charge < -0.3 is 14.6 Å². The monoisotopic (exact) mass is 441 g/mol. The third kappa shape index (κ3) is 3.22. The number of H-pyrrole nitrogens is 1. The first-order chi connectivity index (χ1) is 14.8. The summed E-state index contributed by atoms with van der Waals surface area (Å²) in [7, 11) is 3.92. The van der Waals surface area contributed by atoms with Crippen LogP contribution in [0.25, 0.3) is 21.7 Å². The van der Waals surface area contributed by atoms with Crippen LogP contribution in [0.4, 0.5) is 0 Å². The largest absolute Gasteiger partial charge is 0.507 e. The summed E-state index contributed by atoms with van der Waals surface area (Å²) in [5.74, 6) is 0.147. The van der Waals surface area contributed by atoms with Crippen LogP contribution in [0.15, 0.2) is 30.6 Å². The predicted molar refractivity (Wildman–Crippen MR) is 118 cm³/mol. The Balaban J connectivity index is 1.40. The van der Waals surface area contributed by atoms with Crippen LogP contribution in [-0.4, -0.2) is 68.9 Å².